The molecule has 132 valence electrons. The summed E-state index contributed by atoms with van der Waals surface area (Å²) < 4.78 is 4.82. The number of carbonyl (C=O) groups excluding carboxylic acids is 2. The van der Waals surface area contributed by atoms with Crippen molar-refractivity contribution in [1.82, 2.24) is 4.90 Å². The third-order valence-electron chi connectivity index (χ3n) is 4.06. The van der Waals surface area contributed by atoms with Gasteiger partial charge in [0.1, 0.15) is 0 Å². The summed E-state index contributed by atoms with van der Waals surface area (Å²) in [6.07, 6.45) is 0. The molecule has 0 spiro atoms. The molecule has 0 radical (unpaired) electrons. The Morgan fingerprint density at radius 3 is 2.20 bits per heavy atom. The first kappa shape index (κ1) is 18.7. The second kappa shape index (κ2) is 8.47. The summed E-state index contributed by atoms with van der Waals surface area (Å²) in [4.78, 5) is 27.0. The summed E-state index contributed by atoms with van der Waals surface area (Å²) in [5, 5.41) is 0. The molecule has 2 aromatic carbocycles. The molecule has 0 aliphatic carbocycles. The number of hydrogen-bond donors (Lipinski definition) is 0. The van der Waals surface area contributed by atoms with Gasteiger partial charge in [0.25, 0.3) is 5.91 Å². The highest BCUT2D eigenvalue weighted by Crippen LogP contribution is 2.18. The summed E-state index contributed by atoms with van der Waals surface area (Å²) in [5.41, 5.74) is 2.93. The van der Waals surface area contributed by atoms with E-state index >= 15 is 0 Å². The number of amides is 1. The van der Waals surface area contributed by atoms with Crippen LogP contribution in [-0.4, -0.2) is 30.4 Å². The Hall–Kier alpha value is -2.62. The van der Waals surface area contributed by atoms with Gasteiger partial charge in [-0.1, -0.05) is 50.2 Å². The molecule has 0 N–H and O–H groups in total. The van der Waals surface area contributed by atoms with Crippen molar-refractivity contribution in [2.75, 3.05) is 13.7 Å². The van der Waals surface area contributed by atoms with Crippen molar-refractivity contribution >= 4 is 11.9 Å². The maximum absolute atomic E-state index is 13.2. The van der Waals surface area contributed by atoms with Gasteiger partial charge in [-0.2, -0.15) is 0 Å². The van der Waals surface area contributed by atoms with E-state index in [1.54, 1.807) is 29.2 Å². The minimum Gasteiger partial charge on any atom is -0.465 e. The van der Waals surface area contributed by atoms with E-state index in [9.17, 15) is 9.59 Å². The first-order chi connectivity index (χ1) is 11.9. The van der Waals surface area contributed by atoms with Crippen LogP contribution >= 0.6 is 0 Å². The Morgan fingerprint density at radius 2 is 1.60 bits per heavy atom. The molecule has 4 heteroatoms. The van der Waals surface area contributed by atoms with Crippen LogP contribution in [0.25, 0.3) is 0 Å². The normalized spacial score (nSPS) is 10.6. The van der Waals surface area contributed by atoms with E-state index in [0.717, 1.165) is 11.1 Å². The summed E-state index contributed by atoms with van der Waals surface area (Å²) in [5.74, 6) is -0.333. The molecule has 0 bridgehead atoms. The van der Waals surface area contributed by atoms with E-state index in [1.807, 2.05) is 31.2 Å². The number of hydrogen-bond acceptors (Lipinski definition) is 3. The predicted molar refractivity (Wildman–Crippen MR) is 98.5 cm³/mol. The monoisotopic (exact) mass is 339 g/mol. The van der Waals surface area contributed by atoms with E-state index < -0.39 is 5.97 Å². The van der Waals surface area contributed by atoms with Crippen LogP contribution in [0.5, 0.6) is 0 Å². The van der Waals surface area contributed by atoms with Crippen LogP contribution < -0.4 is 0 Å². The van der Waals surface area contributed by atoms with Crippen LogP contribution in [0.2, 0.25) is 0 Å². The molecule has 0 aliphatic heterocycles. The highest BCUT2D eigenvalue weighted by atomic mass is 16.5. The molecule has 0 aromatic heterocycles. The maximum atomic E-state index is 13.2. The number of benzene rings is 2. The number of esters is 1. The topological polar surface area (TPSA) is 46.6 Å². The van der Waals surface area contributed by atoms with Crippen molar-refractivity contribution in [1.29, 1.82) is 0 Å². The van der Waals surface area contributed by atoms with Gasteiger partial charge in [0, 0.05) is 13.1 Å². The second-order valence-electron chi connectivity index (χ2n) is 6.54. The molecule has 0 fully saturated rings. The van der Waals surface area contributed by atoms with Crippen molar-refractivity contribution in [3.63, 3.8) is 0 Å². The number of rotatable bonds is 6. The zero-order valence-electron chi connectivity index (χ0n) is 15.3. The van der Waals surface area contributed by atoms with Crippen molar-refractivity contribution in [3.05, 3.63) is 70.8 Å². The third-order valence-corrected chi connectivity index (χ3v) is 4.06. The first-order valence-corrected chi connectivity index (χ1v) is 8.45. The summed E-state index contributed by atoms with van der Waals surface area (Å²) in [6, 6.07) is 14.8. The smallest absolute Gasteiger partial charge is 0.338 e. The fourth-order valence-corrected chi connectivity index (χ4v) is 2.78. The van der Waals surface area contributed by atoms with E-state index in [4.69, 9.17) is 4.74 Å². The van der Waals surface area contributed by atoms with Gasteiger partial charge in [-0.15, -0.1) is 0 Å². The SMILES string of the molecule is COC(=O)c1ccccc1C(=O)N(Cc1ccccc1C)CC(C)C. The lowest BCUT2D eigenvalue weighted by Gasteiger charge is -2.26. The summed E-state index contributed by atoms with van der Waals surface area (Å²) in [7, 11) is 1.32. The van der Waals surface area contributed by atoms with Crippen molar-refractivity contribution in [2.24, 2.45) is 5.92 Å². The zero-order chi connectivity index (χ0) is 18.4. The molecule has 2 aromatic rings. The Labute approximate surface area is 149 Å². The van der Waals surface area contributed by atoms with Gasteiger partial charge >= 0.3 is 5.97 Å². The molecule has 4 nitrogen and oxygen atoms in total. The first-order valence-electron chi connectivity index (χ1n) is 8.45. The molecule has 25 heavy (non-hydrogen) atoms. The minimum atomic E-state index is -0.496. The van der Waals surface area contributed by atoms with Crippen LogP contribution in [-0.2, 0) is 11.3 Å². The lowest BCUT2D eigenvalue weighted by molar-refractivity contribution is 0.0587. The van der Waals surface area contributed by atoms with E-state index in [2.05, 4.69) is 13.8 Å². The molecule has 0 saturated heterocycles. The molecular weight excluding hydrogens is 314 g/mol. The fraction of sp³-hybridized carbons (Fsp3) is 0.333. The van der Waals surface area contributed by atoms with Gasteiger partial charge in [-0.05, 0) is 36.1 Å². The minimum absolute atomic E-state index is 0.155. The standard InChI is InChI=1S/C21H25NO3/c1-15(2)13-22(14-17-10-6-5-9-16(17)3)20(23)18-11-7-8-12-19(18)21(24)25-4/h5-12,15H,13-14H2,1-4H3. The lowest BCUT2D eigenvalue weighted by Crippen LogP contribution is -2.35. The second-order valence-corrected chi connectivity index (χ2v) is 6.54. The van der Waals surface area contributed by atoms with Crippen LogP contribution in [0.1, 0.15) is 45.7 Å². The van der Waals surface area contributed by atoms with Gasteiger partial charge in [0.05, 0.1) is 18.2 Å². The van der Waals surface area contributed by atoms with Gasteiger partial charge in [0.15, 0.2) is 0 Å². The van der Waals surface area contributed by atoms with Crippen LogP contribution in [0.15, 0.2) is 48.5 Å². The average molecular weight is 339 g/mol. The van der Waals surface area contributed by atoms with Crippen molar-refractivity contribution in [3.8, 4) is 0 Å². The molecule has 0 heterocycles. The van der Waals surface area contributed by atoms with Crippen LogP contribution in [0.3, 0.4) is 0 Å². The highest BCUT2D eigenvalue weighted by Gasteiger charge is 2.23. The predicted octanol–water partition coefficient (Wildman–Crippen LogP) is 4.08. The zero-order valence-corrected chi connectivity index (χ0v) is 15.3. The van der Waals surface area contributed by atoms with Gasteiger partial charge in [0.2, 0.25) is 0 Å². The van der Waals surface area contributed by atoms with Crippen LogP contribution in [0.4, 0.5) is 0 Å². The van der Waals surface area contributed by atoms with Gasteiger partial charge < -0.3 is 9.64 Å². The van der Waals surface area contributed by atoms with E-state index in [-0.39, 0.29) is 5.91 Å². The maximum Gasteiger partial charge on any atom is 0.338 e. The summed E-state index contributed by atoms with van der Waals surface area (Å²) >= 11 is 0. The number of methoxy groups -OCH3 is 1. The number of aryl methyl sites for hydroxylation is 1. The van der Waals surface area contributed by atoms with E-state index in [0.29, 0.717) is 30.1 Å². The number of ether oxygens (including phenoxy) is 1. The van der Waals surface area contributed by atoms with Crippen LogP contribution in [0, 0.1) is 12.8 Å². The number of carbonyl (C=O) groups is 2. The quantitative estimate of drug-likeness (QED) is 0.745. The Balaban J connectivity index is 2.37. The molecular formula is C21H25NO3. The molecule has 0 atom stereocenters. The van der Waals surface area contributed by atoms with Crippen molar-refractivity contribution < 1.29 is 14.3 Å². The fourth-order valence-electron chi connectivity index (χ4n) is 2.78. The Bertz CT molecular complexity index is 752. The van der Waals surface area contributed by atoms with Crippen molar-refractivity contribution in [2.45, 2.75) is 27.3 Å². The molecule has 0 unspecified atom stereocenters. The number of nitrogens with zero attached hydrogens (tertiary/aromatic N) is 1. The lowest BCUT2D eigenvalue weighted by atomic mass is 10.0. The largest absolute Gasteiger partial charge is 0.465 e. The molecule has 0 aliphatic rings. The Kier molecular flexibility index (Phi) is 6.34. The molecule has 0 saturated carbocycles. The molecule has 1 amide bonds. The molecule has 2 rings (SSSR count). The highest BCUT2D eigenvalue weighted by molar-refractivity contribution is 6.05. The Morgan fingerprint density at radius 1 is 1.00 bits per heavy atom. The van der Waals surface area contributed by atoms with E-state index in [1.165, 1.54) is 7.11 Å². The average Bonchev–Trinajstić information content (AvgIpc) is 2.61. The summed E-state index contributed by atoms with van der Waals surface area (Å²) in [6.45, 7) is 7.31. The third kappa shape index (κ3) is 4.69. The van der Waals surface area contributed by atoms with Gasteiger partial charge in [-0.3, -0.25) is 4.79 Å². The van der Waals surface area contributed by atoms with Gasteiger partial charge in [-0.25, -0.2) is 4.79 Å².